The Morgan fingerprint density at radius 3 is 2.48 bits per heavy atom. The Hall–Kier alpha value is -3.02. The molecular formula is C19H19N5O. The van der Waals surface area contributed by atoms with E-state index in [1.807, 2.05) is 31.2 Å². The van der Waals surface area contributed by atoms with Crippen molar-refractivity contribution in [2.45, 2.75) is 32.4 Å². The minimum Gasteiger partial charge on any atom is -0.351 e. The van der Waals surface area contributed by atoms with Gasteiger partial charge in [0.25, 0.3) is 5.56 Å². The van der Waals surface area contributed by atoms with Crippen molar-refractivity contribution in [2.75, 3.05) is 5.32 Å². The van der Waals surface area contributed by atoms with Gasteiger partial charge in [-0.3, -0.25) is 4.79 Å². The van der Waals surface area contributed by atoms with Gasteiger partial charge in [-0.15, -0.1) is 0 Å². The maximum Gasteiger partial charge on any atom is 0.267 e. The fraction of sp³-hybridized carbons (Fsp3) is 0.263. The van der Waals surface area contributed by atoms with Gasteiger partial charge in [0.05, 0.1) is 12.2 Å². The third-order valence-corrected chi connectivity index (χ3v) is 4.18. The second-order valence-electron chi connectivity index (χ2n) is 6.41. The minimum atomic E-state index is -0.128. The average Bonchev–Trinajstić information content (AvgIpc) is 3.44. The summed E-state index contributed by atoms with van der Waals surface area (Å²) in [6.45, 7) is 2.48. The van der Waals surface area contributed by atoms with Gasteiger partial charge in [0.2, 0.25) is 5.95 Å². The molecule has 4 rings (SSSR count). The number of rotatable bonds is 5. The third-order valence-electron chi connectivity index (χ3n) is 4.18. The van der Waals surface area contributed by atoms with Gasteiger partial charge in [0, 0.05) is 30.1 Å². The molecular weight excluding hydrogens is 314 g/mol. The summed E-state index contributed by atoms with van der Waals surface area (Å²) in [5.74, 6) is 0.638. The van der Waals surface area contributed by atoms with Crippen molar-refractivity contribution in [1.29, 1.82) is 0 Å². The summed E-state index contributed by atoms with van der Waals surface area (Å²) in [4.78, 5) is 20.8. The van der Waals surface area contributed by atoms with Crippen molar-refractivity contribution in [1.82, 2.24) is 19.7 Å². The van der Waals surface area contributed by atoms with Crippen LogP contribution in [0.5, 0.6) is 0 Å². The number of hydrogen-bond donors (Lipinski definition) is 1. The van der Waals surface area contributed by atoms with Crippen LogP contribution in [0.3, 0.4) is 0 Å². The lowest BCUT2D eigenvalue weighted by Crippen LogP contribution is -2.22. The molecule has 2 heterocycles. The summed E-state index contributed by atoms with van der Waals surface area (Å²) < 4.78 is 1.47. The van der Waals surface area contributed by atoms with E-state index in [0.29, 0.717) is 24.2 Å². The Labute approximate surface area is 145 Å². The van der Waals surface area contributed by atoms with Crippen molar-refractivity contribution < 1.29 is 0 Å². The first-order valence-electron chi connectivity index (χ1n) is 8.40. The molecule has 1 N–H and O–H groups in total. The molecule has 3 aromatic rings. The number of aryl methyl sites for hydroxylation is 1. The lowest BCUT2D eigenvalue weighted by atomic mass is 10.1. The second kappa shape index (κ2) is 6.47. The van der Waals surface area contributed by atoms with E-state index in [-0.39, 0.29) is 5.56 Å². The van der Waals surface area contributed by atoms with Crippen molar-refractivity contribution in [3.8, 4) is 11.3 Å². The summed E-state index contributed by atoms with van der Waals surface area (Å²) >= 11 is 0. The standard InChI is InChI=1S/C19H19N5O/c1-13-2-4-14(5-3-13)12-24-18(25)9-8-17(23-24)15-10-20-19(21-11-15)22-16-6-7-16/h2-5,8-11,16H,6-7,12H2,1H3,(H,20,21,22). The summed E-state index contributed by atoms with van der Waals surface area (Å²) in [5.41, 5.74) is 3.58. The van der Waals surface area contributed by atoms with Crippen LogP contribution in [0.25, 0.3) is 11.3 Å². The molecule has 1 aliphatic carbocycles. The first-order valence-corrected chi connectivity index (χ1v) is 8.40. The van der Waals surface area contributed by atoms with Gasteiger partial charge >= 0.3 is 0 Å². The van der Waals surface area contributed by atoms with E-state index in [0.717, 1.165) is 11.1 Å². The molecule has 0 amide bonds. The number of nitrogens with zero attached hydrogens (tertiary/aromatic N) is 4. The fourth-order valence-corrected chi connectivity index (χ4v) is 2.53. The maximum atomic E-state index is 12.1. The molecule has 0 unspecified atom stereocenters. The van der Waals surface area contributed by atoms with Crippen LogP contribution in [0, 0.1) is 6.92 Å². The number of hydrogen-bond acceptors (Lipinski definition) is 5. The van der Waals surface area contributed by atoms with Crippen LogP contribution in [-0.4, -0.2) is 25.8 Å². The van der Waals surface area contributed by atoms with Gasteiger partial charge in [-0.05, 0) is 31.4 Å². The van der Waals surface area contributed by atoms with Gasteiger partial charge in [0.15, 0.2) is 0 Å². The van der Waals surface area contributed by atoms with Gasteiger partial charge in [-0.25, -0.2) is 14.6 Å². The van der Waals surface area contributed by atoms with Crippen LogP contribution in [-0.2, 0) is 6.54 Å². The zero-order valence-corrected chi connectivity index (χ0v) is 14.0. The average molecular weight is 333 g/mol. The van der Waals surface area contributed by atoms with E-state index in [1.54, 1.807) is 18.5 Å². The molecule has 126 valence electrons. The highest BCUT2D eigenvalue weighted by atomic mass is 16.1. The molecule has 6 heteroatoms. The predicted molar refractivity (Wildman–Crippen MR) is 96.4 cm³/mol. The van der Waals surface area contributed by atoms with E-state index < -0.39 is 0 Å². The molecule has 1 aromatic carbocycles. The molecule has 6 nitrogen and oxygen atoms in total. The molecule has 0 aliphatic heterocycles. The highest BCUT2D eigenvalue weighted by Gasteiger charge is 2.21. The van der Waals surface area contributed by atoms with Crippen molar-refractivity contribution in [3.63, 3.8) is 0 Å². The van der Waals surface area contributed by atoms with E-state index in [4.69, 9.17) is 0 Å². The van der Waals surface area contributed by atoms with E-state index >= 15 is 0 Å². The number of benzene rings is 1. The molecule has 0 bridgehead atoms. The van der Waals surface area contributed by atoms with Crippen molar-refractivity contribution in [3.05, 3.63) is 70.3 Å². The second-order valence-corrected chi connectivity index (χ2v) is 6.41. The zero-order valence-electron chi connectivity index (χ0n) is 14.0. The van der Waals surface area contributed by atoms with E-state index in [9.17, 15) is 4.79 Å². The minimum absolute atomic E-state index is 0.128. The van der Waals surface area contributed by atoms with Crippen molar-refractivity contribution >= 4 is 5.95 Å². The summed E-state index contributed by atoms with van der Waals surface area (Å²) in [5, 5.41) is 7.72. The molecule has 1 fully saturated rings. The Bertz CT molecular complexity index is 927. The molecule has 1 aliphatic rings. The Morgan fingerprint density at radius 2 is 1.80 bits per heavy atom. The predicted octanol–water partition coefficient (Wildman–Crippen LogP) is 2.63. The topological polar surface area (TPSA) is 72.7 Å². The smallest absolute Gasteiger partial charge is 0.267 e. The van der Waals surface area contributed by atoms with Crippen LogP contribution >= 0.6 is 0 Å². The molecule has 25 heavy (non-hydrogen) atoms. The van der Waals surface area contributed by atoms with Crippen LogP contribution in [0.4, 0.5) is 5.95 Å². The monoisotopic (exact) mass is 333 g/mol. The number of aromatic nitrogens is 4. The third kappa shape index (κ3) is 3.74. The van der Waals surface area contributed by atoms with Gasteiger partial charge in [0.1, 0.15) is 0 Å². The summed E-state index contributed by atoms with van der Waals surface area (Å²) in [6.07, 6.45) is 5.83. The summed E-state index contributed by atoms with van der Waals surface area (Å²) in [7, 11) is 0. The zero-order chi connectivity index (χ0) is 17.2. The normalized spacial score (nSPS) is 13.6. The molecule has 2 aromatic heterocycles. The van der Waals surface area contributed by atoms with E-state index in [1.165, 1.54) is 29.2 Å². The van der Waals surface area contributed by atoms with Gasteiger partial charge < -0.3 is 5.32 Å². The van der Waals surface area contributed by atoms with Crippen LogP contribution < -0.4 is 10.9 Å². The quantitative estimate of drug-likeness (QED) is 0.777. The molecule has 0 saturated heterocycles. The first-order chi connectivity index (χ1) is 12.2. The first kappa shape index (κ1) is 15.5. The molecule has 0 radical (unpaired) electrons. The van der Waals surface area contributed by atoms with Crippen molar-refractivity contribution in [2.24, 2.45) is 0 Å². The van der Waals surface area contributed by atoms with Gasteiger partial charge in [-0.2, -0.15) is 5.10 Å². The highest BCUT2D eigenvalue weighted by molar-refractivity contribution is 5.56. The SMILES string of the molecule is Cc1ccc(Cn2nc(-c3cnc(NC4CC4)nc3)ccc2=O)cc1. The van der Waals surface area contributed by atoms with E-state index in [2.05, 4.69) is 20.4 Å². The lowest BCUT2D eigenvalue weighted by Gasteiger charge is -2.08. The van der Waals surface area contributed by atoms with Crippen LogP contribution in [0.2, 0.25) is 0 Å². The molecule has 0 atom stereocenters. The van der Waals surface area contributed by atoms with Crippen LogP contribution in [0.15, 0.2) is 53.6 Å². The largest absolute Gasteiger partial charge is 0.351 e. The summed E-state index contributed by atoms with van der Waals surface area (Å²) in [6, 6.07) is 11.8. The fourth-order valence-electron chi connectivity index (χ4n) is 2.53. The van der Waals surface area contributed by atoms with Crippen LogP contribution in [0.1, 0.15) is 24.0 Å². The Balaban J connectivity index is 1.57. The number of anilines is 1. The lowest BCUT2D eigenvalue weighted by molar-refractivity contribution is 0.642. The molecule has 1 saturated carbocycles. The highest BCUT2D eigenvalue weighted by Crippen LogP contribution is 2.23. The molecule has 0 spiro atoms. The Kier molecular flexibility index (Phi) is 4.01. The maximum absolute atomic E-state index is 12.1. The van der Waals surface area contributed by atoms with Gasteiger partial charge in [-0.1, -0.05) is 29.8 Å². The number of nitrogens with one attached hydrogen (secondary N) is 1. The Morgan fingerprint density at radius 1 is 1.08 bits per heavy atom.